The molecule has 0 saturated heterocycles. The lowest BCUT2D eigenvalue weighted by Gasteiger charge is -2.19. The van der Waals surface area contributed by atoms with Gasteiger partial charge < -0.3 is 14.8 Å². The molecule has 2 aromatic carbocycles. The van der Waals surface area contributed by atoms with Crippen molar-refractivity contribution in [2.24, 2.45) is 0 Å². The molecule has 0 bridgehead atoms. The summed E-state index contributed by atoms with van der Waals surface area (Å²) < 4.78 is 10.8. The zero-order valence-corrected chi connectivity index (χ0v) is 17.6. The number of aryl methyl sites for hydroxylation is 2. The van der Waals surface area contributed by atoms with Gasteiger partial charge in [0.15, 0.2) is 6.61 Å². The number of hydrogen-bond acceptors (Lipinski definition) is 6. The Kier molecular flexibility index (Phi) is 7.23. The number of carbonyl (C=O) groups excluding carboxylic acids is 2. The average Bonchev–Trinajstić information content (AvgIpc) is 3.19. The number of amides is 1. The van der Waals surface area contributed by atoms with E-state index in [1.54, 1.807) is 19.9 Å². The Morgan fingerprint density at radius 1 is 1.13 bits per heavy atom. The third kappa shape index (κ3) is 6.04. The first kappa shape index (κ1) is 22.3. The van der Waals surface area contributed by atoms with Crippen molar-refractivity contribution in [1.29, 1.82) is 0 Å². The molecular formula is C23H26N2O6. The van der Waals surface area contributed by atoms with Gasteiger partial charge in [0, 0.05) is 6.07 Å². The average molecular weight is 426 g/mol. The minimum absolute atomic E-state index is 0.176. The quantitative estimate of drug-likeness (QED) is 0.372. The molecule has 1 unspecified atom stereocenters. The van der Waals surface area contributed by atoms with Gasteiger partial charge in [-0.2, -0.15) is 0 Å². The summed E-state index contributed by atoms with van der Waals surface area (Å²) in [6.45, 7) is 3.15. The fourth-order valence-electron chi connectivity index (χ4n) is 3.69. The van der Waals surface area contributed by atoms with Crippen LogP contribution in [-0.2, 0) is 27.2 Å². The summed E-state index contributed by atoms with van der Waals surface area (Å²) in [5, 5.41) is 14.1. The highest BCUT2D eigenvalue weighted by Gasteiger charge is 2.26. The van der Waals surface area contributed by atoms with Crippen LogP contribution in [0.5, 0.6) is 5.75 Å². The van der Waals surface area contributed by atoms with Gasteiger partial charge in [-0.1, -0.05) is 24.3 Å². The molecule has 0 spiro atoms. The maximum Gasteiger partial charge on any atom is 0.308 e. The van der Waals surface area contributed by atoms with Crippen molar-refractivity contribution in [3.05, 3.63) is 69.3 Å². The molecule has 3 rings (SSSR count). The Morgan fingerprint density at radius 3 is 2.61 bits per heavy atom. The number of rotatable bonds is 9. The molecule has 0 fully saturated rings. The molecule has 164 valence electrons. The zero-order chi connectivity index (χ0) is 22.4. The topological polar surface area (TPSA) is 108 Å². The maximum atomic E-state index is 12.6. The largest absolute Gasteiger partial charge is 0.484 e. The predicted molar refractivity (Wildman–Crippen MR) is 114 cm³/mol. The summed E-state index contributed by atoms with van der Waals surface area (Å²) in [5.41, 5.74) is 2.59. The highest BCUT2D eigenvalue weighted by Crippen LogP contribution is 2.28. The van der Waals surface area contributed by atoms with Gasteiger partial charge in [-0.05, 0) is 56.4 Å². The SMILES string of the molecule is CC(C)OC(=O)CC(NC(=O)COc1ccc2c(c1)CCC2)c1ccccc1[N+](=O)[O-]. The van der Waals surface area contributed by atoms with Crippen molar-refractivity contribution < 1.29 is 24.0 Å². The number of benzene rings is 2. The number of hydrogen-bond donors (Lipinski definition) is 1. The molecule has 8 nitrogen and oxygen atoms in total. The van der Waals surface area contributed by atoms with E-state index in [9.17, 15) is 19.7 Å². The molecule has 8 heteroatoms. The normalized spacial score (nSPS) is 13.4. The van der Waals surface area contributed by atoms with Crippen molar-refractivity contribution in [2.45, 2.75) is 51.7 Å². The van der Waals surface area contributed by atoms with E-state index in [1.807, 2.05) is 18.2 Å². The molecule has 0 aromatic heterocycles. The Morgan fingerprint density at radius 2 is 1.87 bits per heavy atom. The van der Waals surface area contributed by atoms with Crippen LogP contribution in [0.1, 0.15) is 49.4 Å². The fourth-order valence-corrected chi connectivity index (χ4v) is 3.69. The van der Waals surface area contributed by atoms with Crippen molar-refractivity contribution in [2.75, 3.05) is 6.61 Å². The highest BCUT2D eigenvalue weighted by molar-refractivity contribution is 5.79. The molecule has 0 saturated carbocycles. The van der Waals surface area contributed by atoms with E-state index < -0.39 is 22.8 Å². The number of nitrogens with zero attached hydrogens (tertiary/aromatic N) is 1. The molecule has 1 aliphatic rings. The van der Waals surface area contributed by atoms with E-state index in [0.29, 0.717) is 5.75 Å². The monoisotopic (exact) mass is 426 g/mol. The van der Waals surface area contributed by atoms with Gasteiger partial charge in [-0.25, -0.2) is 0 Å². The lowest BCUT2D eigenvalue weighted by Crippen LogP contribution is -2.34. The summed E-state index contributed by atoms with van der Waals surface area (Å²) in [5.74, 6) is -0.448. The number of nitro groups is 1. The molecule has 1 amide bonds. The second-order valence-corrected chi connectivity index (χ2v) is 7.75. The van der Waals surface area contributed by atoms with Crippen LogP contribution in [-0.4, -0.2) is 29.5 Å². The van der Waals surface area contributed by atoms with Crippen LogP contribution < -0.4 is 10.1 Å². The van der Waals surface area contributed by atoms with Gasteiger partial charge in [0.1, 0.15) is 5.75 Å². The van der Waals surface area contributed by atoms with Gasteiger partial charge in [0.2, 0.25) is 0 Å². The smallest absolute Gasteiger partial charge is 0.308 e. The number of esters is 1. The summed E-state index contributed by atoms with van der Waals surface area (Å²) in [6, 6.07) is 10.9. The zero-order valence-electron chi connectivity index (χ0n) is 17.6. The molecule has 0 heterocycles. The first-order chi connectivity index (χ1) is 14.8. The maximum absolute atomic E-state index is 12.6. The van der Waals surface area contributed by atoms with E-state index in [4.69, 9.17) is 9.47 Å². The van der Waals surface area contributed by atoms with E-state index in [0.717, 1.165) is 19.3 Å². The van der Waals surface area contributed by atoms with Crippen LogP contribution in [0, 0.1) is 10.1 Å². The minimum Gasteiger partial charge on any atom is -0.484 e. The lowest BCUT2D eigenvalue weighted by atomic mass is 10.0. The molecule has 0 aliphatic heterocycles. The molecule has 1 N–H and O–H groups in total. The fraction of sp³-hybridized carbons (Fsp3) is 0.391. The Balaban J connectivity index is 1.70. The van der Waals surface area contributed by atoms with Crippen molar-refractivity contribution >= 4 is 17.6 Å². The molecule has 0 radical (unpaired) electrons. The molecule has 31 heavy (non-hydrogen) atoms. The predicted octanol–water partition coefficient (Wildman–Crippen LogP) is 3.66. The summed E-state index contributed by atoms with van der Waals surface area (Å²) in [4.78, 5) is 35.7. The molecule has 1 atom stereocenters. The number of nitro benzene ring substituents is 1. The van der Waals surface area contributed by atoms with Gasteiger partial charge in [0.25, 0.3) is 11.6 Å². The number of para-hydroxylation sites is 1. The molecular weight excluding hydrogens is 400 g/mol. The van der Waals surface area contributed by atoms with Crippen LogP contribution in [0.25, 0.3) is 0 Å². The summed E-state index contributed by atoms with van der Waals surface area (Å²) in [6.07, 6.45) is 2.60. The first-order valence-electron chi connectivity index (χ1n) is 10.3. The minimum atomic E-state index is -0.913. The third-order valence-electron chi connectivity index (χ3n) is 5.02. The van der Waals surface area contributed by atoms with Crippen LogP contribution in [0.4, 0.5) is 5.69 Å². The van der Waals surface area contributed by atoms with Crippen LogP contribution in [0.15, 0.2) is 42.5 Å². The van der Waals surface area contributed by atoms with E-state index in [-0.39, 0.29) is 30.4 Å². The van der Waals surface area contributed by atoms with Crippen molar-refractivity contribution in [1.82, 2.24) is 5.32 Å². The van der Waals surface area contributed by atoms with E-state index >= 15 is 0 Å². The van der Waals surface area contributed by atoms with E-state index in [2.05, 4.69) is 5.32 Å². The van der Waals surface area contributed by atoms with E-state index in [1.165, 1.54) is 29.3 Å². The van der Waals surface area contributed by atoms with Gasteiger partial charge in [-0.15, -0.1) is 0 Å². The summed E-state index contributed by atoms with van der Waals surface area (Å²) in [7, 11) is 0. The summed E-state index contributed by atoms with van der Waals surface area (Å²) >= 11 is 0. The number of ether oxygens (including phenoxy) is 2. The van der Waals surface area contributed by atoms with Gasteiger partial charge >= 0.3 is 5.97 Å². The Hall–Kier alpha value is -3.42. The number of carbonyl (C=O) groups is 2. The Bertz CT molecular complexity index is 972. The standard InChI is InChI=1S/C23H26N2O6/c1-15(2)31-23(27)13-20(19-8-3-4-9-21(19)25(28)29)24-22(26)14-30-18-11-10-16-6-5-7-17(16)12-18/h3-4,8-12,15,20H,5-7,13-14H2,1-2H3,(H,24,26). The van der Waals surface area contributed by atoms with Crippen molar-refractivity contribution in [3.63, 3.8) is 0 Å². The van der Waals surface area contributed by atoms with Crippen molar-refractivity contribution in [3.8, 4) is 5.75 Å². The number of fused-ring (bicyclic) bond motifs is 1. The molecule has 2 aromatic rings. The third-order valence-corrected chi connectivity index (χ3v) is 5.02. The van der Waals surface area contributed by atoms with Crippen LogP contribution >= 0.6 is 0 Å². The first-order valence-corrected chi connectivity index (χ1v) is 10.3. The lowest BCUT2D eigenvalue weighted by molar-refractivity contribution is -0.385. The highest BCUT2D eigenvalue weighted by atomic mass is 16.6. The second-order valence-electron chi connectivity index (χ2n) is 7.75. The second kappa shape index (κ2) is 10.1. The van der Waals surface area contributed by atoms with Crippen LogP contribution in [0.3, 0.4) is 0 Å². The number of nitrogens with one attached hydrogen (secondary N) is 1. The van der Waals surface area contributed by atoms with Crippen LogP contribution in [0.2, 0.25) is 0 Å². The van der Waals surface area contributed by atoms with Gasteiger partial charge in [0.05, 0.1) is 29.1 Å². The molecule has 1 aliphatic carbocycles. The van der Waals surface area contributed by atoms with Gasteiger partial charge in [-0.3, -0.25) is 19.7 Å². The Labute approximate surface area is 180 Å².